The van der Waals surface area contributed by atoms with Gasteiger partial charge in [-0.2, -0.15) is 5.26 Å². The first-order valence-electron chi connectivity index (χ1n) is 6.22. The Kier molecular flexibility index (Phi) is 2.60. The second kappa shape index (κ2) is 4.12. The monoisotopic (exact) mass is 230 g/mol. The molecule has 2 saturated heterocycles. The maximum absolute atomic E-state index is 13.3. The van der Waals surface area contributed by atoms with Gasteiger partial charge < -0.3 is 5.32 Å². The molecule has 2 unspecified atom stereocenters. The largest absolute Gasteiger partial charge is 0.311 e. The van der Waals surface area contributed by atoms with Crippen molar-refractivity contribution in [3.05, 3.63) is 35.1 Å². The molecule has 88 valence electrons. The molecule has 1 aromatic carbocycles. The van der Waals surface area contributed by atoms with E-state index in [0.717, 1.165) is 18.4 Å². The molecule has 2 nitrogen and oxygen atoms in total. The highest BCUT2D eigenvalue weighted by atomic mass is 19.1. The molecule has 3 heteroatoms. The SMILES string of the molecule is N#Cc1cc(C2CC3CCC(C2)N3)ccc1F. The van der Waals surface area contributed by atoms with Gasteiger partial charge in [0.25, 0.3) is 0 Å². The Bertz CT molecular complexity index is 466. The predicted octanol–water partition coefficient (Wildman–Crippen LogP) is 2.70. The second-order valence-electron chi connectivity index (χ2n) is 5.16. The van der Waals surface area contributed by atoms with E-state index >= 15 is 0 Å². The van der Waals surface area contributed by atoms with Crippen molar-refractivity contribution in [1.82, 2.24) is 5.32 Å². The zero-order chi connectivity index (χ0) is 11.8. The highest BCUT2D eigenvalue weighted by molar-refractivity contribution is 5.36. The highest BCUT2D eigenvalue weighted by Crippen LogP contribution is 2.37. The lowest BCUT2D eigenvalue weighted by Gasteiger charge is -2.29. The van der Waals surface area contributed by atoms with Crippen LogP contribution in [0, 0.1) is 17.1 Å². The van der Waals surface area contributed by atoms with Crippen LogP contribution < -0.4 is 5.32 Å². The van der Waals surface area contributed by atoms with Crippen molar-refractivity contribution >= 4 is 0 Å². The van der Waals surface area contributed by atoms with Gasteiger partial charge in [0.2, 0.25) is 0 Å². The number of hydrogen-bond acceptors (Lipinski definition) is 2. The van der Waals surface area contributed by atoms with E-state index in [4.69, 9.17) is 5.26 Å². The van der Waals surface area contributed by atoms with Gasteiger partial charge in [-0.25, -0.2) is 4.39 Å². The zero-order valence-corrected chi connectivity index (χ0v) is 9.62. The number of rotatable bonds is 1. The summed E-state index contributed by atoms with van der Waals surface area (Å²) in [6.07, 6.45) is 4.75. The fraction of sp³-hybridized carbons (Fsp3) is 0.500. The summed E-state index contributed by atoms with van der Waals surface area (Å²) in [5.74, 6) is 0.0783. The molecule has 0 aliphatic carbocycles. The van der Waals surface area contributed by atoms with Crippen LogP contribution in [0.4, 0.5) is 4.39 Å². The molecule has 1 aromatic rings. The third-order valence-electron chi connectivity index (χ3n) is 4.06. The summed E-state index contributed by atoms with van der Waals surface area (Å²) >= 11 is 0. The van der Waals surface area contributed by atoms with Crippen molar-refractivity contribution in [3.8, 4) is 6.07 Å². The predicted molar refractivity (Wildman–Crippen MR) is 63.0 cm³/mol. The highest BCUT2D eigenvalue weighted by Gasteiger charge is 2.34. The molecular weight excluding hydrogens is 215 g/mol. The van der Waals surface area contributed by atoms with Crippen LogP contribution in [0.5, 0.6) is 0 Å². The van der Waals surface area contributed by atoms with E-state index < -0.39 is 5.82 Å². The minimum atomic E-state index is -0.409. The summed E-state index contributed by atoms with van der Waals surface area (Å²) in [4.78, 5) is 0. The molecule has 0 aromatic heterocycles. The minimum Gasteiger partial charge on any atom is -0.311 e. The number of nitrogens with one attached hydrogen (secondary N) is 1. The normalized spacial score (nSPS) is 31.2. The van der Waals surface area contributed by atoms with Gasteiger partial charge in [0.1, 0.15) is 11.9 Å². The van der Waals surface area contributed by atoms with Crippen LogP contribution in [0.25, 0.3) is 0 Å². The van der Waals surface area contributed by atoms with Crippen molar-refractivity contribution in [2.75, 3.05) is 0 Å². The van der Waals surface area contributed by atoms with E-state index in [1.165, 1.54) is 18.9 Å². The Morgan fingerprint density at radius 2 is 1.94 bits per heavy atom. The molecule has 0 saturated carbocycles. The van der Waals surface area contributed by atoms with E-state index in [2.05, 4.69) is 5.32 Å². The third-order valence-corrected chi connectivity index (χ3v) is 4.06. The Balaban J connectivity index is 1.87. The number of fused-ring (bicyclic) bond motifs is 2. The Hall–Kier alpha value is -1.40. The van der Waals surface area contributed by atoms with E-state index in [1.54, 1.807) is 6.07 Å². The minimum absolute atomic E-state index is 0.174. The quantitative estimate of drug-likeness (QED) is 0.805. The fourth-order valence-corrected chi connectivity index (χ4v) is 3.21. The smallest absolute Gasteiger partial charge is 0.140 e. The van der Waals surface area contributed by atoms with Crippen LogP contribution in [0.2, 0.25) is 0 Å². The molecule has 0 radical (unpaired) electrons. The first kappa shape index (κ1) is 10.7. The van der Waals surface area contributed by atoms with Gasteiger partial charge in [-0.15, -0.1) is 0 Å². The Morgan fingerprint density at radius 3 is 2.59 bits per heavy atom. The Morgan fingerprint density at radius 1 is 1.24 bits per heavy atom. The summed E-state index contributed by atoms with van der Waals surface area (Å²) in [6, 6.07) is 8.16. The molecule has 17 heavy (non-hydrogen) atoms. The molecule has 2 aliphatic rings. The second-order valence-corrected chi connectivity index (χ2v) is 5.16. The lowest BCUT2D eigenvalue weighted by molar-refractivity contribution is 0.363. The van der Waals surface area contributed by atoms with Gasteiger partial charge >= 0.3 is 0 Å². The van der Waals surface area contributed by atoms with Crippen molar-refractivity contribution in [2.45, 2.75) is 43.7 Å². The zero-order valence-electron chi connectivity index (χ0n) is 9.62. The molecule has 2 aliphatic heterocycles. The van der Waals surface area contributed by atoms with Gasteiger partial charge in [0.15, 0.2) is 0 Å². The van der Waals surface area contributed by atoms with Gasteiger partial charge in [-0.1, -0.05) is 6.07 Å². The van der Waals surface area contributed by atoms with E-state index in [-0.39, 0.29) is 5.56 Å². The maximum Gasteiger partial charge on any atom is 0.140 e. The average molecular weight is 230 g/mol. The molecule has 2 heterocycles. The van der Waals surface area contributed by atoms with Crippen LogP contribution >= 0.6 is 0 Å². The summed E-state index contributed by atoms with van der Waals surface area (Å²) in [5.41, 5.74) is 1.30. The van der Waals surface area contributed by atoms with E-state index in [0.29, 0.717) is 18.0 Å². The lowest BCUT2D eigenvalue weighted by Crippen LogP contribution is -2.37. The number of benzene rings is 1. The maximum atomic E-state index is 13.3. The van der Waals surface area contributed by atoms with Crippen LogP contribution in [0.1, 0.15) is 42.7 Å². The average Bonchev–Trinajstić information content (AvgIpc) is 2.69. The summed E-state index contributed by atoms with van der Waals surface area (Å²) in [7, 11) is 0. The standard InChI is InChI=1S/C14H15FN2/c15-14-4-1-9(5-11(14)8-16)10-6-12-2-3-13(7-10)17-12/h1,4-5,10,12-13,17H,2-3,6-7H2. The topological polar surface area (TPSA) is 35.8 Å². The van der Waals surface area contributed by atoms with E-state index in [9.17, 15) is 4.39 Å². The first-order chi connectivity index (χ1) is 8.26. The molecule has 3 rings (SSSR count). The first-order valence-corrected chi connectivity index (χ1v) is 6.22. The number of piperidine rings is 1. The van der Waals surface area contributed by atoms with Crippen LogP contribution in [-0.2, 0) is 0 Å². The summed E-state index contributed by atoms with van der Waals surface area (Å²) < 4.78 is 13.3. The molecule has 0 spiro atoms. The fourth-order valence-electron chi connectivity index (χ4n) is 3.21. The molecule has 2 bridgehead atoms. The summed E-state index contributed by atoms with van der Waals surface area (Å²) in [6.45, 7) is 0. The van der Waals surface area contributed by atoms with Crippen molar-refractivity contribution < 1.29 is 4.39 Å². The van der Waals surface area contributed by atoms with Gasteiger partial charge in [0, 0.05) is 12.1 Å². The van der Waals surface area contributed by atoms with E-state index in [1.807, 2.05) is 12.1 Å². The number of halogens is 1. The molecule has 1 N–H and O–H groups in total. The van der Waals surface area contributed by atoms with Crippen molar-refractivity contribution in [2.24, 2.45) is 0 Å². The van der Waals surface area contributed by atoms with Crippen LogP contribution in [0.15, 0.2) is 18.2 Å². The van der Waals surface area contributed by atoms with Crippen molar-refractivity contribution in [1.29, 1.82) is 5.26 Å². The molecule has 0 amide bonds. The Labute approximate surface area is 100 Å². The molecule has 2 fully saturated rings. The van der Waals surface area contributed by atoms with Gasteiger partial charge in [-0.05, 0) is 49.3 Å². The number of nitriles is 1. The molecular formula is C14H15FN2. The third kappa shape index (κ3) is 1.94. The molecule has 2 atom stereocenters. The number of nitrogens with zero attached hydrogens (tertiary/aromatic N) is 1. The van der Waals surface area contributed by atoms with Gasteiger partial charge in [0.05, 0.1) is 5.56 Å². The van der Waals surface area contributed by atoms with Crippen molar-refractivity contribution in [3.63, 3.8) is 0 Å². The van der Waals surface area contributed by atoms with Crippen LogP contribution in [-0.4, -0.2) is 12.1 Å². The number of hydrogen-bond donors (Lipinski definition) is 1. The summed E-state index contributed by atoms with van der Waals surface area (Å²) in [5, 5.41) is 12.4. The van der Waals surface area contributed by atoms with Gasteiger partial charge in [-0.3, -0.25) is 0 Å². The lowest BCUT2D eigenvalue weighted by atomic mass is 9.85. The van der Waals surface area contributed by atoms with Crippen LogP contribution in [0.3, 0.4) is 0 Å².